The van der Waals surface area contributed by atoms with Gasteiger partial charge < -0.3 is 10.6 Å². The van der Waals surface area contributed by atoms with Gasteiger partial charge in [0.2, 0.25) is 5.91 Å². The van der Waals surface area contributed by atoms with E-state index in [0.29, 0.717) is 6.04 Å². The molecule has 86 valence electrons. The fourth-order valence-corrected chi connectivity index (χ4v) is 3.16. The summed E-state index contributed by atoms with van der Waals surface area (Å²) in [6.07, 6.45) is 7.62. The highest BCUT2D eigenvalue weighted by Gasteiger charge is 2.36. The van der Waals surface area contributed by atoms with Crippen molar-refractivity contribution in [1.82, 2.24) is 4.90 Å². The predicted molar refractivity (Wildman–Crippen MR) is 60.3 cm³/mol. The van der Waals surface area contributed by atoms with E-state index in [0.717, 1.165) is 12.5 Å². The molecule has 2 N–H and O–H groups in total. The number of piperidine rings is 1. The standard InChI is InChI=1S/C12H22N2O/c1-9(13)12(15)14-8-4-6-10-5-2-3-7-11(10)14/h9-11H,2-8,13H2,1H3/t9-,10-,11-/m1/s1. The number of nitrogens with zero attached hydrogens (tertiary/aromatic N) is 1. The SMILES string of the molecule is C[C@@H](N)C(=O)N1CCC[C@H]2CCCC[C@H]21. The second-order valence-corrected chi connectivity index (χ2v) is 5.07. The Hall–Kier alpha value is -0.570. The second kappa shape index (κ2) is 4.52. The number of likely N-dealkylation sites (tertiary alicyclic amines) is 1. The highest BCUT2D eigenvalue weighted by atomic mass is 16.2. The normalized spacial score (nSPS) is 33.3. The Morgan fingerprint density at radius 3 is 2.67 bits per heavy atom. The Bertz CT molecular complexity index is 238. The summed E-state index contributed by atoms with van der Waals surface area (Å²) in [5.74, 6) is 0.918. The molecule has 0 radical (unpaired) electrons. The Morgan fingerprint density at radius 2 is 1.93 bits per heavy atom. The zero-order chi connectivity index (χ0) is 10.8. The Labute approximate surface area is 92.0 Å². The highest BCUT2D eigenvalue weighted by Crippen LogP contribution is 2.35. The third kappa shape index (κ3) is 2.17. The molecule has 2 fully saturated rings. The number of carbonyl (C=O) groups is 1. The molecule has 1 saturated heterocycles. The molecule has 3 nitrogen and oxygen atoms in total. The molecular weight excluding hydrogens is 188 g/mol. The van der Waals surface area contributed by atoms with E-state index in [1.54, 1.807) is 6.92 Å². The first-order valence-corrected chi connectivity index (χ1v) is 6.26. The molecule has 1 amide bonds. The second-order valence-electron chi connectivity index (χ2n) is 5.07. The van der Waals surface area contributed by atoms with Gasteiger partial charge in [-0.2, -0.15) is 0 Å². The van der Waals surface area contributed by atoms with Crippen LogP contribution in [0.15, 0.2) is 0 Å². The van der Waals surface area contributed by atoms with E-state index in [1.807, 2.05) is 0 Å². The maximum Gasteiger partial charge on any atom is 0.239 e. The monoisotopic (exact) mass is 210 g/mol. The van der Waals surface area contributed by atoms with Gasteiger partial charge in [0.15, 0.2) is 0 Å². The molecule has 0 unspecified atom stereocenters. The van der Waals surface area contributed by atoms with Crippen molar-refractivity contribution in [3.05, 3.63) is 0 Å². The zero-order valence-electron chi connectivity index (χ0n) is 9.61. The minimum Gasteiger partial charge on any atom is -0.338 e. The molecule has 3 heteroatoms. The molecule has 0 aromatic carbocycles. The lowest BCUT2D eigenvalue weighted by Crippen LogP contribution is -2.53. The third-order valence-corrected chi connectivity index (χ3v) is 3.92. The van der Waals surface area contributed by atoms with Gasteiger partial charge in [-0.25, -0.2) is 0 Å². The molecule has 2 aliphatic rings. The number of fused-ring (bicyclic) bond motifs is 1. The van der Waals surface area contributed by atoms with E-state index in [4.69, 9.17) is 5.73 Å². The summed E-state index contributed by atoms with van der Waals surface area (Å²) in [6, 6.07) is 0.177. The topological polar surface area (TPSA) is 46.3 Å². The first-order valence-electron chi connectivity index (χ1n) is 6.26. The van der Waals surface area contributed by atoms with Gasteiger partial charge in [0.25, 0.3) is 0 Å². The summed E-state index contributed by atoms with van der Waals surface area (Å²) in [4.78, 5) is 14.0. The molecule has 1 aliphatic carbocycles. The molecule has 0 aromatic heterocycles. The fraction of sp³-hybridized carbons (Fsp3) is 0.917. The lowest BCUT2D eigenvalue weighted by molar-refractivity contribution is -0.138. The highest BCUT2D eigenvalue weighted by molar-refractivity contribution is 5.81. The molecule has 0 bridgehead atoms. The summed E-state index contributed by atoms with van der Waals surface area (Å²) in [6.45, 7) is 2.73. The first kappa shape index (κ1) is 10.9. The summed E-state index contributed by atoms with van der Waals surface area (Å²) >= 11 is 0. The number of hydrogen-bond donors (Lipinski definition) is 1. The fourth-order valence-electron chi connectivity index (χ4n) is 3.16. The third-order valence-electron chi connectivity index (χ3n) is 3.92. The average molecular weight is 210 g/mol. The number of carbonyl (C=O) groups excluding carboxylic acids is 1. The summed E-state index contributed by atoms with van der Waals surface area (Å²) in [5.41, 5.74) is 5.70. The largest absolute Gasteiger partial charge is 0.338 e. The molecule has 2 rings (SSSR count). The van der Waals surface area contributed by atoms with Crippen LogP contribution in [0.25, 0.3) is 0 Å². The number of nitrogens with two attached hydrogens (primary N) is 1. The molecular formula is C12H22N2O. The van der Waals surface area contributed by atoms with Gasteiger partial charge in [-0.1, -0.05) is 12.8 Å². The maximum atomic E-state index is 12.0. The van der Waals surface area contributed by atoms with Crippen molar-refractivity contribution >= 4 is 5.91 Å². The minimum atomic E-state index is -0.328. The summed E-state index contributed by atoms with van der Waals surface area (Å²) in [7, 11) is 0. The van der Waals surface area contributed by atoms with Crippen molar-refractivity contribution in [3.63, 3.8) is 0 Å². The lowest BCUT2D eigenvalue weighted by atomic mass is 9.78. The summed E-state index contributed by atoms with van der Waals surface area (Å²) in [5, 5.41) is 0. The van der Waals surface area contributed by atoms with E-state index < -0.39 is 0 Å². The Morgan fingerprint density at radius 1 is 1.27 bits per heavy atom. The van der Waals surface area contributed by atoms with Gasteiger partial charge in [0.1, 0.15) is 0 Å². The average Bonchev–Trinajstić information content (AvgIpc) is 2.27. The van der Waals surface area contributed by atoms with Crippen molar-refractivity contribution in [2.24, 2.45) is 11.7 Å². The van der Waals surface area contributed by atoms with Crippen molar-refractivity contribution in [1.29, 1.82) is 0 Å². The van der Waals surface area contributed by atoms with E-state index >= 15 is 0 Å². The molecule has 1 heterocycles. The van der Waals surface area contributed by atoms with Gasteiger partial charge in [0.05, 0.1) is 6.04 Å². The molecule has 0 spiro atoms. The van der Waals surface area contributed by atoms with Crippen LogP contribution in [0.1, 0.15) is 45.4 Å². The molecule has 1 saturated carbocycles. The quantitative estimate of drug-likeness (QED) is 0.713. The van der Waals surface area contributed by atoms with Crippen molar-refractivity contribution in [2.45, 2.75) is 57.5 Å². The van der Waals surface area contributed by atoms with Crippen LogP contribution in [0.3, 0.4) is 0 Å². The van der Waals surface area contributed by atoms with E-state index in [1.165, 1.54) is 38.5 Å². The van der Waals surface area contributed by atoms with Crippen LogP contribution >= 0.6 is 0 Å². The molecule has 0 aromatic rings. The lowest BCUT2D eigenvalue weighted by Gasteiger charge is -2.44. The van der Waals surface area contributed by atoms with Crippen LogP contribution < -0.4 is 5.73 Å². The van der Waals surface area contributed by atoms with Gasteiger partial charge >= 0.3 is 0 Å². The van der Waals surface area contributed by atoms with E-state index in [-0.39, 0.29) is 11.9 Å². The smallest absolute Gasteiger partial charge is 0.239 e. The van der Waals surface area contributed by atoms with Gasteiger partial charge in [0, 0.05) is 12.6 Å². The first-order chi connectivity index (χ1) is 7.20. The summed E-state index contributed by atoms with van der Waals surface area (Å²) < 4.78 is 0. The Kier molecular flexibility index (Phi) is 3.29. The van der Waals surface area contributed by atoms with Crippen LogP contribution in [0.5, 0.6) is 0 Å². The minimum absolute atomic E-state index is 0.159. The number of hydrogen-bond acceptors (Lipinski definition) is 2. The van der Waals surface area contributed by atoms with Gasteiger partial charge in [-0.15, -0.1) is 0 Å². The Balaban J connectivity index is 2.06. The van der Waals surface area contributed by atoms with Crippen LogP contribution in [-0.2, 0) is 4.79 Å². The van der Waals surface area contributed by atoms with Gasteiger partial charge in [-0.05, 0) is 38.5 Å². The van der Waals surface area contributed by atoms with Crippen LogP contribution in [0.2, 0.25) is 0 Å². The number of amides is 1. The van der Waals surface area contributed by atoms with Crippen LogP contribution in [0.4, 0.5) is 0 Å². The van der Waals surface area contributed by atoms with Crippen molar-refractivity contribution in [3.8, 4) is 0 Å². The van der Waals surface area contributed by atoms with Crippen LogP contribution in [-0.4, -0.2) is 29.4 Å². The predicted octanol–water partition coefficient (Wildman–Crippen LogP) is 1.51. The molecule has 1 aliphatic heterocycles. The van der Waals surface area contributed by atoms with Gasteiger partial charge in [-0.3, -0.25) is 4.79 Å². The van der Waals surface area contributed by atoms with Crippen molar-refractivity contribution < 1.29 is 4.79 Å². The van der Waals surface area contributed by atoms with E-state index in [9.17, 15) is 4.79 Å². The maximum absolute atomic E-state index is 12.0. The molecule has 15 heavy (non-hydrogen) atoms. The van der Waals surface area contributed by atoms with Crippen molar-refractivity contribution in [2.75, 3.05) is 6.54 Å². The zero-order valence-corrected chi connectivity index (χ0v) is 9.61. The van der Waals surface area contributed by atoms with E-state index in [2.05, 4.69) is 4.90 Å². The molecule has 3 atom stereocenters. The van der Waals surface area contributed by atoms with Crippen LogP contribution in [0, 0.1) is 5.92 Å². The number of rotatable bonds is 1.